The molecule has 0 heterocycles. The van der Waals surface area contributed by atoms with E-state index in [1.54, 1.807) is 0 Å². The number of unbranched alkanes of at least 4 members (excludes halogenated alkanes) is 31. The smallest absolute Gasteiger partial charge is 0.305 e. The van der Waals surface area contributed by atoms with Crippen LogP contribution >= 0.6 is 0 Å². The van der Waals surface area contributed by atoms with Crippen LogP contribution in [0.25, 0.3) is 0 Å². The van der Waals surface area contributed by atoms with Crippen molar-refractivity contribution in [2.75, 3.05) is 13.2 Å². The third-order valence-electron chi connectivity index (χ3n) is 11.1. The molecule has 54 heavy (non-hydrogen) atoms. The van der Waals surface area contributed by atoms with Gasteiger partial charge in [-0.1, -0.05) is 212 Å². The maximum Gasteiger partial charge on any atom is 0.305 e. The first-order chi connectivity index (χ1) is 26.5. The number of hydrogen-bond acceptors (Lipinski definition) is 5. The van der Waals surface area contributed by atoms with E-state index < -0.39 is 12.1 Å². The SMILES string of the molecule is CCCCCCCCCCCCCCCCCCCCC(=O)OCCCCCC/C=C\CCCC(=O)NC(CO)C(O)CCCCCCCCCCCC. The Bertz CT molecular complexity index is 802. The number of rotatable bonds is 44. The zero-order valence-corrected chi connectivity index (χ0v) is 36.2. The zero-order chi connectivity index (χ0) is 39.4. The highest BCUT2D eigenvalue weighted by molar-refractivity contribution is 5.76. The summed E-state index contributed by atoms with van der Waals surface area (Å²) in [5, 5.41) is 23.0. The number of aliphatic hydroxyl groups is 2. The van der Waals surface area contributed by atoms with Crippen LogP contribution in [0.3, 0.4) is 0 Å². The lowest BCUT2D eigenvalue weighted by Gasteiger charge is -2.22. The number of carbonyl (C=O) groups is 2. The first kappa shape index (κ1) is 52.6. The van der Waals surface area contributed by atoms with E-state index in [0.29, 0.717) is 25.9 Å². The lowest BCUT2D eigenvalue weighted by molar-refractivity contribution is -0.143. The summed E-state index contributed by atoms with van der Waals surface area (Å²) < 4.78 is 5.44. The van der Waals surface area contributed by atoms with Crippen molar-refractivity contribution < 1.29 is 24.5 Å². The number of amides is 1. The van der Waals surface area contributed by atoms with Crippen LogP contribution in [0.1, 0.15) is 258 Å². The van der Waals surface area contributed by atoms with Gasteiger partial charge in [-0.2, -0.15) is 0 Å². The molecule has 0 aromatic carbocycles. The quantitative estimate of drug-likeness (QED) is 0.0326. The van der Waals surface area contributed by atoms with Gasteiger partial charge in [0.15, 0.2) is 0 Å². The summed E-state index contributed by atoms with van der Waals surface area (Å²) in [5.41, 5.74) is 0. The minimum atomic E-state index is -0.691. The predicted molar refractivity (Wildman–Crippen MR) is 232 cm³/mol. The Morgan fingerprint density at radius 3 is 1.35 bits per heavy atom. The van der Waals surface area contributed by atoms with Gasteiger partial charge in [-0.05, 0) is 44.9 Å². The number of esters is 1. The molecule has 0 aromatic heterocycles. The summed E-state index contributed by atoms with van der Waals surface area (Å²) >= 11 is 0. The summed E-state index contributed by atoms with van der Waals surface area (Å²) in [5.74, 6) is -0.129. The highest BCUT2D eigenvalue weighted by atomic mass is 16.5. The van der Waals surface area contributed by atoms with Crippen molar-refractivity contribution in [1.29, 1.82) is 0 Å². The number of nitrogens with one attached hydrogen (secondary N) is 1. The topological polar surface area (TPSA) is 95.9 Å². The minimum Gasteiger partial charge on any atom is -0.466 e. The van der Waals surface area contributed by atoms with Gasteiger partial charge in [0, 0.05) is 12.8 Å². The second kappa shape index (κ2) is 44.3. The van der Waals surface area contributed by atoms with Crippen LogP contribution < -0.4 is 5.32 Å². The summed E-state index contributed by atoms with van der Waals surface area (Å²) in [7, 11) is 0. The fraction of sp³-hybridized carbons (Fsp3) is 0.917. The molecule has 0 aliphatic carbocycles. The van der Waals surface area contributed by atoms with Crippen LogP contribution in [0.15, 0.2) is 12.2 Å². The monoisotopic (exact) mass is 764 g/mol. The molecule has 0 fully saturated rings. The number of aliphatic hydroxyl groups excluding tert-OH is 2. The molecule has 2 atom stereocenters. The minimum absolute atomic E-state index is 0.0319. The fourth-order valence-corrected chi connectivity index (χ4v) is 7.35. The number of carbonyl (C=O) groups excluding carboxylic acids is 2. The first-order valence-electron chi connectivity index (χ1n) is 23.9. The molecule has 0 aliphatic rings. The highest BCUT2D eigenvalue weighted by Gasteiger charge is 2.20. The molecule has 0 aromatic rings. The van der Waals surface area contributed by atoms with Gasteiger partial charge in [0.25, 0.3) is 0 Å². The predicted octanol–water partition coefficient (Wildman–Crippen LogP) is 13.8. The van der Waals surface area contributed by atoms with Crippen LogP contribution in [0.2, 0.25) is 0 Å². The largest absolute Gasteiger partial charge is 0.466 e. The average Bonchev–Trinajstić information content (AvgIpc) is 3.17. The van der Waals surface area contributed by atoms with E-state index in [-0.39, 0.29) is 18.5 Å². The van der Waals surface area contributed by atoms with Crippen LogP contribution in [-0.4, -0.2) is 47.4 Å². The second-order valence-electron chi connectivity index (χ2n) is 16.4. The van der Waals surface area contributed by atoms with Crippen molar-refractivity contribution in [3.8, 4) is 0 Å². The third-order valence-corrected chi connectivity index (χ3v) is 11.1. The average molecular weight is 764 g/mol. The van der Waals surface area contributed by atoms with E-state index in [4.69, 9.17) is 4.74 Å². The van der Waals surface area contributed by atoms with Crippen molar-refractivity contribution >= 4 is 11.9 Å². The van der Waals surface area contributed by atoms with Gasteiger partial charge < -0.3 is 20.3 Å². The molecule has 6 heteroatoms. The summed E-state index contributed by atoms with van der Waals surface area (Å²) in [6.07, 6.45) is 49.0. The Labute approximate surface area is 336 Å². The molecular formula is C48H93NO5. The molecule has 1 amide bonds. The van der Waals surface area contributed by atoms with Gasteiger partial charge >= 0.3 is 5.97 Å². The lowest BCUT2D eigenvalue weighted by Crippen LogP contribution is -2.45. The summed E-state index contributed by atoms with van der Waals surface area (Å²) in [6, 6.07) is -0.575. The van der Waals surface area contributed by atoms with Crippen molar-refractivity contribution in [1.82, 2.24) is 5.32 Å². The third kappa shape index (κ3) is 40.3. The molecular weight excluding hydrogens is 671 g/mol. The van der Waals surface area contributed by atoms with Gasteiger partial charge in [0.2, 0.25) is 5.91 Å². The molecule has 0 rings (SSSR count). The van der Waals surface area contributed by atoms with Crippen molar-refractivity contribution in [3.05, 3.63) is 12.2 Å². The molecule has 3 N–H and O–H groups in total. The molecule has 0 saturated carbocycles. The van der Waals surface area contributed by atoms with Crippen LogP contribution in [-0.2, 0) is 14.3 Å². The van der Waals surface area contributed by atoms with Gasteiger partial charge in [-0.25, -0.2) is 0 Å². The van der Waals surface area contributed by atoms with E-state index >= 15 is 0 Å². The Kier molecular flexibility index (Phi) is 43.2. The zero-order valence-electron chi connectivity index (χ0n) is 36.2. The fourth-order valence-electron chi connectivity index (χ4n) is 7.35. The molecule has 6 nitrogen and oxygen atoms in total. The van der Waals surface area contributed by atoms with E-state index in [0.717, 1.165) is 70.6 Å². The molecule has 0 radical (unpaired) electrons. The number of allylic oxidation sites excluding steroid dienone is 2. The summed E-state index contributed by atoms with van der Waals surface area (Å²) in [4.78, 5) is 24.4. The van der Waals surface area contributed by atoms with Crippen molar-refractivity contribution in [2.45, 2.75) is 270 Å². The Hall–Kier alpha value is -1.40. The van der Waals surface area contributed by atoms with Crippen molar-refractivity contribution in [2.24, 2.45) is 0 Å². The number of ether oxygens (including phenoxy) is 1. The highest BCUT2D eigenvalue weighted by Crippen LogP contribution is 2.16. The molecule has 320 valence electrons. The van der Waals surface area contributed by atoms with E-state index in [2.05, 4.69) is 31.3 Å². The van der Waals surface area contributed by atoms with Crippen LogP contribution in [0.4, 0.5) is 0 Å². The molecule has 0 saturated heterocycles. The van der Waals surface area contributed by atoms with E-state index in [1.165, 1.54) is 154 Å². The second-order valence-corrected chi connectivity index (χ2v) is 16.4. The van der Waals surface area contributed by atoms with E-state index in [1.807, 2.05) is 0 Å². The summed E-state index contributed by atoms with van der Waals surface area (Å²) in [6.45, 7) is 4.85. The van der Waals surface area contributed by atoms with Gasteiger partial charge in [-0.3, -0.25) is 9.59 Å². The van der Waals surface area contributed by atoms with Crippen LogP contribution in [0.5, 0.6) is 0 Å². The van der Waals surface area contributed by atoms with Gasteiger partial charge in [0.1, 0.15) is 0 Å². The molecule has 0 spiro atoms. The van der Waals surface area contributed by atoms with Gasteiger partial charge in [0.05, 0.1) is 25.4 Å². The van der Waals surface area contributed by atoms with Gasteiger partial charge in [-0.15, -0.1) is 0 Å². The van der Waals surface area contributed by atoms with Crippen LogP contribution in [0, 0.1) is 0 Å². The Morgan fingerprint density at radius 2 is 0.889 bits per heavy atom. The lowest BCUT2D eigenvalue weighted by atomic mass is 10.0. The number of hydrogen-bond donors (Lipinski definition) is 3. The Morgan fingerprint density at radius 1 is 0.500 bits per heavy atom. The normalized spacial score (nSPS) is 12.7. The molecule has 0 bridgehead atoms. The van der Waals surface area contributed by atoms with E-state index in [9.17, 15) is 19.8 Å². The van der Waals surface area contributed by atoms with Crippen molar-refractivity contribution in [3.63, 3.8) is 0 Å². The maximum atomic E-state index is 12.4. The maximum absolute atomic E-state index is 12.4. The first-order valence-corrected chi connectivity index (χ1v) is 23.9. The molecule has 0 aliphatic heterocycles. The molecule has 2 unspecified atom stereocenters. The standard InChI is InChI=1S/C48H93NO5/c1-3-5-7-9-11-13-15-16-17-18-19-20-21-22-26-30-34-38-42-48(53)54-43-39-35-31-27-23-25-29-33-37-41-47(52)49-45(44-50)46(51)40-36-32-28-24-14-12-10-8-6-4-2/h25,29,45-46,50-51H,3-24,26-28,30-44H2,1-2H3,(H,49,52)/b29-25-. The Balaban J connectivity index is 3.49.